The molecule has 5 nitrogen and oxygen atoms in total. The van der Waals surface area contributed by atoms with Crippen molar-refractivity contribution in [1.29, 1.82) is 0 Å². The Morgan fingerprint density at radius 2 is 2.00 bits per heavy atom. The third kappa shape index (κ3) is 5.09. The van der Waals surface area contributed by atoms with Crippen LogP contribution in [0.15, 0.2) is 35.7 Å². The summed E-state index contributed by atoms with van der Waals surface area (Å²) in [7, 11) is 0. The van der Waals surface area contributed by atoms with Gasteiger partial charge < -0.3 is 14.8 Å². The molecular formula is C18H21NO4S. The molecule has 1 amide bonds. The summed E-state index contributed by atoms with van der Waals surface area (Å²) in [6.45, 7) is 5.64. The predicted molar refractivity (Wildman–Crippen MR) is 93.1 cm³/mol. The van der Waals surface area contributed by atoms with E-state index < -0.39 is 12.1 Å². The molecule has 1 N–H and O–H groups in total. The molecule has 0 bridgehead atoms. The molecule has 0 saturated heterocycles. The first-order valence-corrected chi connectivity index (χ1v) is 8.54. The van der Waals surface area contributed by atoms with Crippen molar-refractivity contribution in [1.82, 2.24) is 5.32 Å². The van der Waals surface area contributed by atoms with Crippen LogP contribution in [0.5, 0.6) is 5.75 Å². The fourth-order valence-corrected chi connectivity index (χ4v) is 2.68. The molecule has 0 aliphatic heterocycles. The summed E-state index contributed by atoms with van der Waals surface area (Å²) >= 11 is 1.56. The van der Waals surface area contributed by atoms with Crippen molar-refractivity contribution in [2.75, 3.05) is 6.61 Å². The van der Waals surface area contributed by atoms with Crippen LogP contribution in [0.3, 0.4) is 0 Å². The van der Waals surface area contributed by atoms with E-state index in [0.717, 1.165) is 16.0 Å². The molecule has 0 aliphatic carbocycles. The van der Waals surface area contributed by atoms with E-state index in [2.05, 4.69) is 5.32 Å². The summed E-state index contributed by atoms with van der Waals surface area (Å²) in [6, 6.07) is 9.48. The van der Waals surface area contributed by atoms with Gasteiger partial charge in [0.15, 0.2) is 12.7 Å². The molecule has 0 spiro atoms. The first-order valence-electron chi connectivity index (χ1n) is 7.66. The second kappa shape index (κ2) is 8.49. The molecule has 0 saturated carbocycles. The average molecular weight is 347 g/mol. The fraction of sp³-hybridized carbons (Fsp3) is 0.333. The van der Waals surface area contributed by atoms with Gasteiger partial charge in [-0.25, -0.2) is 4.79 Å². The number of hydrogen-bond donors (Lipinski definition) is 1. The van der Waals surface area contributed by atoms with Gasteiger partial charge in [0.25, 0.3) is 5.91 Å². The zero-order valence-electron chi connectivity index (χ0n) is 14.0. The third-order valence-corrected chi connectivity index (χ3v) is 4.47. The van der Waals surface area contributed by atoms with Crippen LogP contribution in [0.25, 0.3) is 0 Å². The van der Waals surface area contributed by atoms with Crippen molar-refractivity contribution >= 4 is 23.2 Å². The summed E-state index contributed by atoms with van der Waals surface area (Å²) in [5.74, 6) is -0.264. The number of carbonyl (C=O) groups excluding carboxylic acids is 2. The van der Waals surface area contributed by atoms with E-state index in [1.807, 2.05) is 43.5 Å². The topological polar surface area (TPSA) is 64.6 Å². The highest BCUT2D eigenvalue weighted by Gasteiger charge is 2.18. The molecule has 2 aromatic rings. The van der Waals surface area contributed by atoms with E-state index in [4.69, 9.17) is 9.47 Å². The molecule has 6 heteroatoms. The fourth-order valence-electron chi connectivity index (χ4n) is 2.03. The van der Waals surface area contributed by atoms with Gasteiger partial charge >= 0.3 is 5.97 Å². The van der Waals surface area contributed by atoms with Crippen molar-refractivity contribution in [3.05, 3.63) is 51.7 Å². The normalized spacial score (nSPS) is 11.6. The van der Waals surface area contributed by atoms with Gasteiger partial charge in [0, 0.05) is 4.88 Å². The maximum absolute atomic E-state index is 11.9. The number of carbonyl (C=O) groups is 2. The molecule has 0 aliphatic rings. The number of nitrogens with one attached hydrogen (secondary N) is 1. The third-order valence-electron chi connectivity index (χ3n) is 3.59. The average Bonchev–Trinajstić information content (AvgIpc) is 3.07. The van der Waals surface area contributed by atoms with Crippen LogP contribution in [-0.4, -0.2) is 24.6 Å². The minimum atomic E-state index is -0.861. The highest BCUT2D eigenvalue weighted by atomic mass is 32.1. The first kappa shape index (κ1) is 18.0. The smallest absolute Gasteiger partial charge is 0.344 e. The number of amides is 1. The summed E-state index contributed by atoms with van der Waals surface area (Å²) in [5.41, 5.74) is 2.06. The molecule has 1 heterocycles. The lowest BCUT2D eigenvalue weighted by Gasteiger charge is -2.14. The summed E-state index contributed by atoms with van der Waals surface area (Å²) in [6.07, 6.45) is -0.861. The maximum Gasteiger partial charge on any atom is 0.344 e. The second-order valence-corrected chi connectivity index (χ2v) is 6.45. The largest absolute Gasteiger partial charge is 0.482 e. The highest BCUT2D eigenvalue weighted by molar-refractivity contribution is 7.09. The van der Waals surface area contributed by atoms with Crippen molar-refractivity contribution in [3.8, 4) is 5.75 Å². The van der Waals surface area contributed by atoms with Gasteiger partial charge in [-0.1, -0.05) is 18.2 Å². The van der Waals surface area contributed by atoms with E-state index >= 15 is 0 Å². The Morgan fingerprint density at radius 1 is 1.21 bits per heavy atom. The van der Waals surface area contributed by atoms with Gasteiger partial charge in [-0.05, 0) is 49.4 Å². The van der Waals surface area contributed by atoms with Crippen molar-refractivity contribution in [2.24, 2.45) is 0 Å². The van der Waals surface area contributed by atoms with Gasteiger partial charge in [-0.2, -0.15) is 0 Å². The predicted octanol–water partition coefficient (Wildman–Crippen LogP) is 2.99. The van der Waals surface area contributed by atoms with Gasteiger partial charge in [-0.3, -0.25) is 4.79 Å². The van der Waals surface area contributed by atoms with Crippen molar-refractivity contribution in [3.63, 3.8) is 0 Å². The zero-order valence-corrected chi connectivity index (χ0v) is 14.8. The Bertz CT molecular complexity index is 697. The van der Waals surface area contributed by atoms with Crippen LogP contribution in [0.1, 0.15) is 22.9 Å². The minimum absolute atomic E-state index is 0.229. The SMILES string of the molecule is Cc1cccc(OCC(=O)O[C@@H](C)C(=O)NCc2cccs2)c1C. The molecule has 1 atom stereocenters. The molecule has 0 radical (unpaired) electrons. The number of benzene rings is 1. The molecule has 2 rings (SSSR count). The quantitative estimate of drug-likeness (QED) is 0.782. The van der Waals surface area contributed by atoms with E-state index in [1.54, 1.807) is 24.3 Å². The molecular weight excluding hydrogens is 326 g/mol. The standard InChI is InChI=1S/C18H21NO4S/c1-12-6-4-8-16(13(12)2)22-11-17(20)23-14(3)18(21)19-10-15-7-5-9-24-15/h4-9,14H,10-11H2,1-3H3,(H,19,21)/t14-/m0/s1. The number of ether oxygens (including phenoxy) is 2. The molecule has 1 aromatic carbocycles. The Kier molecular flexibility index (Phi) is 6.37. The lowest BCUT2D eigenvalue weighted by molar-refractivity contribution is -0.156. The van der Waals surface area contributed by atoms with Crippen molar-refractivity contribution in [2.45, 2.75) is 33.4 Å². The molecule has 128 valence electrons. The van der Waals surface area contributed by atoms with Crippen LogP contribution in [-0.2, 0) is 20.9 Å². The number of esters is 1. The number of thiophene rings is 1. The van der Waals surface area contributed by atoms with E-state index in [0.29, 0.717) is 12.3 Å². The summed E-state index contributed by atoms with van der Waals surface area (Å²) in [4.78, 5) is 24.8. The summed E-state index contributed by atoms with van der Waals surface area (Å²) < 4.78 is 10.6. The molecule has 24 heavy (non-hydrogen) atoms. The van der Waals surface area contributed by atoms with Gasteiger partial charge in [0.2, 0.25) is 0 Å². The lowest BCUT2D eigenvalue weighted by atomic mass is 10.1. The molecule has 0 fully saturated rings. The lowest BCUT2D eigenvalue weighted by Crippen LogP contribution is -2.36. The zero-order chi connectivity index (χ0) is 17.5. The Balaban J connectivity index is 1.76. The van der Waals surface area contributed by atoms with Gasteiger partial charge in [0.05, 0.1) is 6.54 Å². The number of hydrogen-bond acceptors (Lipinski definition) is 5. The Labute approximate surface area is 145 Å². The van der Waals surface area contributed by atoms with Crippen LogP contribution in [0.2, 0.25) is 0 Å². The van der Waals surface area contributed by atoms with Crippen molar-refractivity contribution < 1.29 is 19.1 Å². The molecule has 1 aromatic heterocycles. The number of aryl methyl sites for hydroxylation is 1. The van der Waals surface area contributed by atoms with Gasteiger partial charge in [-0.15, -0.1) is 11.3 Å². The van der Waals surface area contributed by atoms with Crippen LogP contribution in [0.4, 0.5) is 0 Å². The van der Waals surface area contributed by atoms with E-state index in [9.17, 15) is 9.59 Å². The maximum atomic E-state index is 11.9. The second-order valence-electron chi connectivity index (χ2n) is 5.42. The van der Waals surface area contributed by atoms with Crippen LogP contribution >= 0.6 is 11.3 Å². The Hall–Kier alpha value is -2.34. The van der Waals surface area contributed by atoms with Crippen LogP contribution < -0.4 is 10.1 Å². The molecule has 0 unspecified atom stereocenters. The summed E-state index contributed by atoms with van der Waals surface area (Å²) in [5, 5.41) is 4.67. The van der Waals surface area contributed by atoms with E-state index in [-0.39, 0.29) is 12.5 Å². The minimum Gasteiger partial charge on any atom is -0.482 e. The van der Waals surface area contributed by atoms with Gasteiger partial charge in [0.1, 0.15) is 5.75 Å². The van der Waals surface area contributed by atoms with Crippen LogP contribution in [0, 0.1) is 13.8 Å². The number of rotatable bonds is 7. The van der Waals surface area contributed by atoms with E-state index in [1.165, 1.54) is 0 Å². The Morgan fingerprint density at radius 3 is 2.71 bits per heavy atom. The monoisotopic (exact) mass is 347 g/mol. The first-order chi connectivity index (χ1) is 11.5. The highest BCUT2D eigenvalue weighted by Crippen LogP contribution is 2.20.